The van der Waals surface area contributed by atoms with Crippen molar-refractivity contribution in [1.29, 1.82) is 0 Å². The zero-order valence-electron chi connectivity index (χ0n) is 8.54. The molecule has 0 amide bonds. The number of fused-ring (bicyclic) bond motifs is 1. The van der Waals surface area contributed by atoms with Gasteiger partial charge in [0.1, 0.15) is 5.82 Å². The third-order valence-corrected chi connectivity index (χ3v) is 2.73. The minimum absolute atomic E-state index is 0.0730. The van der Waals surface area contributed by atoms with E-state index in [1.165, 1.54) is 0 Å². The van der Waals surface area contributed by atoms with Gasteiger partial charge in [0.15, 0.2) is 0 Å². The van der Waals surface area contributed by atoms with E-state index in [1.54, 1.807) is 6.07 Å². The summed E-state index contributed by atoms with van der Waals surface area (Å²) < 4.78 is 0.933. The number of aromatic nitrogens is 2. The van der Waals surface area contributed by atoms with E-state index in [9.17, 15) is 4.79 Å². The quantitative estimate of drug-likeness (QED) is 0.863. The maximum absolute atomic E-state index is 11.7. The second-order valence-electron chi connectivity index (χ2n) is 3.77. The monoisotopic (exact) mass is 266 g/mol. The maximum atomic E-state index is 11.7. The molecule has 0 aliphatic rings. The number of hydrogen-bond acceptors (Lipinski definition) is 2. The minimum atomic E-state index is -0.0730. The van der Waals surface area contributed by atoms with Crippen molar-refractivity contribution in [2.45, 2.75) is 19.8 Å². The van der Waals surface area contributed by atoms with Crippen LogP contribution in [-0.2, 0) is 0 Å². The number of nitrogens with one attached hydrogen (secondary N) is 1. The first-order valence-electron chi connectivity index (χ1n) is 4.77. The van der Waals surface area contributed by atoms with E-state index in [4.69, 9.17) is 0 Å². The van der Waals surface area contributed by atoms with Crippen molar-refractivity contribution in [2.75, 3.05) is 0 Å². The fraction of sp³-hybridized carbons (Fsp3) is 0.273. The van der Waals surface area contributed by atoms with E-state index in [2.05, 4.69) is 25.9 Å². The highest BCUT2D eigenvalue weighted by Gasteiger charge is 2.06. The Morgan fingerprint density at radius 1 is 1.40 bits per heavy atom. The first-order valence-corrected chi connectivity index (χ1v) is 5.56. The molecule has 0 radical (unpaired) electrons. The van der Waals surface area contributed by atoms with Crippen LogP contribution in [0.1, 0.15) is 25.6 Å². The predicted octanol–water partition coefficient (Wildman–Crippen LogP) is 2.81. The molecule has 0 fully saturated rings. The van der Waals surface area contributed by atoms with Crippen molar-refractivity contribution in [3.8, 4) is 0 Å². The summed E-state index contributed by atoms with van der Waals surface area (Å²) in [6.45, 7) is 4.00. The van der Waals surface area contributed by atoms with Crippen LogP contribution in [0.15, 0.2) is 27.5 Å². The molecule has 0 saturated carbocycles. The number of rotatable bonds is 1. The standard InChI is InChI=1S/C11H11BrN2O/c1-6(2)10-13-9-5-7(12)3-4-8(9)11(15)14-10/h3-6H,1-2H3,(H,13,14,15). The summed E-state index contributed by atoms with van der Waals surface area (Å²) in [5, 5.41) is 0.627. The fourth-order valence-corrected chi connectivity index (χ4v) is 1.75. The molecule has 1 aromatic carbocycles. The molecule has 0 aliphatic heterocycles. The van der Waals surface area contributed by atoms with Crippen LogP contribution >= 0.6 is 15.9 Å². The van der Waals surface area contributed by atoms with Crippen LogP contribution in [0.3, 0.4) is 0 Å². The normalized spacial score (nSPS) is 11.2. The van der Waals surface area contributed by atoms with Gasteiger partial charge >= 0.3 is 0 Å². The van der Waals surface area contributed by atoms with Crippen LogP contribution in [0.2, 0.25) is 0 Å². The van der Waals surface area contributed by atoms with Crippen molar-refractivity contribution in [2.24, 2.45) is 0 Å². The van der Waals surface area contributed by atoms with E-state index in [0.29, 0.717) is 5.39 Å². The first kappa shape index (κ1) is 10.4. The number of nitrogens with zero attached hydrogens (tertiary/aromatic N) is 1. The zero-order chi connectivity index (χ0) is 11.0. The topological polar surface area (TPSA) is 45.8 Å². The van der Waals surface area contributed by atoms with E-state index in [0.717, 1.165) is 15.8 Å². The van der Waals surface area contributed by atoms with E-state index >= 15 is 0 Å². The highest BCUT2D eigenvalue weighted by Crippen LogP contribution is 2.17. The molecule has 4 heteroatoms. The molecule has 0 saturated heterocycles. The van der Waals surface area contributed by atoms with E-state index < -0.39 is 0 Å². The van der Waals surface area contributed by atoms with E-state index in [-0.39, 0.29) is 11.5 Å². The summed E-state index contributed by atoms with van der Waals surface area (Å²) in [7, 11) is 0. The molecule has 15 heavy (non-hydrogen) atoms. The lowest BCUT2D eigenvalue weighted by Gasteiger charge is -2.05. The highest BCUT2D eigenvalue weighted by atomic mass is 79.9. The lowest BCUT2D eigenvalue weighted by atomic mass is 10.2. The van der Waals surface area contributed by atoms with Crippen molar-refractivity contribution >= 4 is 26.8 Å². The number of hydrogen-bond donors (Lipinski definition) is 1. The van der Waals surface area contributed by atoms with Crippen LogP contribution in [-0.4, -0.2) is 9.97 Å². The van der Waals surface area contributed by atoms with Crippen LogP contribution in [0.5, 0.6) is 0 Å². The van der Waals surface area contributed by atoms with Gasteiger partial charge in [-0.25, -0.2) is 4.98 Å². The summed E-state index contributed by atoms with van der Waals surface area (Å²) in [6, 6.07) is 5.47. The maximum Gasteiger partial charge on any atom is 0.258 e. The summed E-state index contributed by atoms with van der Waals surface area (Å²) in [6.07, 6.45) is 0. The summed E-state index contributed by atoms with van der Waals surface area (Å²) in [5.74, 6) is 0.951. The fourth-order valence-electron chi connectivity index (χ4n) is 1.40. The van der Waals surface area contributed by atoms with Gasteiger partial charge in [0.05, 0.1) is 10.9 Å². The molecular weight excluding hydrogens is 256 g/mol. The molecule has 1 N–H and O–H groups in total. The van der Waals surface area contributed by atoms with Gasteiger partial charge in [-0.3, -0.25) is 4.79 Å². The largest absolute Gasteiger partial charge is 0.310 e. The Balaban J connectivity index is 2.80. The SMILES string of the molecule is CC(C)c1nc2cc(Br)ccc2c(=O)[nH]1. The molecule has 2 rings (SSSR count). The summed E-state index contributed by atoms with van der Waals surface area (Å²) in [5.41, 5.74) is 0.660. The molecule has 0 aliphatic carbocycles. The molecule has 0 bridgehead atoms. The van der Waals surface area contributed by atoms with Crippen molar-refractivity contribution < 1.29 is 0 Å². The average Bonchev–Trinajstić information content (AvgIpc) is 2.16. The molecule has 0 atom stereocenters. The van der Waals surface area contributed by atoms with Crippen molar-refractivity contribution in [3.05, 3.63) is 38.9 Å². The van der Waals surface area contributed by atoms with Crippen molar-refractivity contribution in [3.63, 3.8) is 0 Å². The lowest BCUT2D eigenvalue weighted by Crippen LogP contribution is -2.12. The molecular formula is C11H11BrN2O. The smallest absolute Gasteiger partial charge is 0.258 e. The lowest BCUT2D eigenvalue weighted by molar-refractivity contribution is 0.776. The number of benzene rings is 1. The van der Waals surface area contributed by atoms with Crippen LogP contribution in [0, 0.1) is 0 Å². The highest BCUT2D eigenvalue weighted by molar-refractivity contribution is 9.10. The Bertz CT molecular complexity index is 560. The Morgan fingerprint density at radius 2 is 2.13 bits per heavy atom. The molecule has 78 valence electrons. The van der Waals surface area contributed by atoms with Gasteiger partial charge in [-0.05, 0) is 18.2 Å². The number of halogens is 1. The number of H-pyrrole nitrogens is 1. The Kier molecular flexibility index (Phi) is 2.61. The van der Waals surface area contributed by atoms with Crippen LogP contribution in [0.25, 0.3) is 10.9 Å². The zero-order valence-corrected chi connectivity index (χ0v) is 10.1. The summed E-state index contributed by atoms with van der Waals surface area (Å²) in [4.78, 5) is 18.9. The first-order chi connectivity index (χ1) is 7.08. The van der Waals surface area contributed by atoms with Crippen molar-refractivity contribution in [1.82, 2.24) is 9.97 Å². The van der Waals surface area contributed by atoms with Gasteiger partial charge in [-0.2, -0.15) is 0 Å². The average molecular weight is 267 g/mol. The predicted molar refractivity (Wildman–Crippen MR) is 64.2 cm³/mol. The molecule has 1 aromatic heterocycles. The molecule has 3 nitrogen and oxygen atoms in total. The molecule has 0 spiro atoms. The van der Waals surface area contributed by atoms with Gasteiger partial charge in [0, 0.05) is 10.4 Å². The van der Waals surface area contributed by atoms with Crippen LogP contribution in [0.4, 0.5) is 0 Å². The summed E-state index contributed by atoms with van der Waals surface area (Å²) >= 11 is 3.37. The molecule has 2 aromatic rings. The molecule has 1 heterocycles. The Morgan fingerprint density at radius 3 is 2.80 bits per heavy atom. The van der Waals surface area contributed by atoms with Gasteiger partial charge in [-0.15, -0.1) is 0 Å². The van der Waals surface area contributed by atoms with Gasteiger partial charge < -0.3 is 4.98 Å². The third-order valence-electron chi connectivity index (χ3n) is 2.23. The van der Waals surface area contributed by atoms with Gasteiger partial charge in [-0.1, -0.05) is 29.8 Å². The molecule has 0 unspecified atom stereocenters. The Labute approximate surface area is 95.7 Å². The van der Waals surface area contributed by atoms with Crippen LogP contribution < -0.4 is 5.56 Å². The van der Waals surface area contributed by atoms with Gasteiger partial charge in [0.2, 0.25) is 0 Å². The third kappa shape index (κ3) is 1.95. The minimum Gasteiger partial charge on any atom is -0.310 e. The second kappa shape index (κ2) is 3.77. The van der Waals surface area contributed by atoms with Gasteiger partial charge in [0.25, 0.3) is 5.56 Å². The Hall–Kier alpha value is -1.16. The van der Waals surface area contributed by atoms with E-state index in [1.807, 2.05) is 26.0 Å². The number of aromatic amines is 1. The second-order valence-corrected chi connectivity index (χ2v) is 4.68.